The fourth-order valence-corrected chi connectivity index (χ4v) is 2.83. The van der Waals surface area contributed by atoms with Crippen LogP contribution in [0, 0.1) is 6.92 Å². The first-order chi connectivity index (χ1) is 7.88. The molecular weight excluding hydrogens is 242 g/mol. The van der Waals surface area contributed by atoms with Crippen LogP contribution in [0.5, 0.6) is 0 Å². The molecule has 0 aliphatic heterocycles. The largest absolute Gasteiger partial charge is 0.325 e. The zero-order valence-electron chi connectivity index (χ0n) is 10.3. The van der Waals surface area contributed by atoms with Crippen LogP contribution in [0.2, 0.25) is 0 Å². The van der Waals surface area contributed by atoms with Gasteiger partial charge in [0, 0.05) is 19.6 Å². The summed E-state index contributed by atoms with van der Waals surface area (Å²) in [5, 5.41) is 6.50. The number of aromatic nitrogens is 2. The molecule has 1 rings (SSSR count). The molecule has 0 aliphatic carbocycles. The molecule has 0 radical (unpaired) electrons. The monoisotopic (exact) mass is 261 g/mol. The summed E-state index contributed by atoms with van der Waals surface area (Å²) < 4.78 is 26.6. The summed E-state index contributed by atoms with van der Waals surface area (Å²) in [4.78, 5) is 2.06. The molecule has 8 heteroatoms. The average Bonchev–Trinajstić information content (AvgIpc) is 2.59. The molecule has 0 amide bonds. The number of hydrogen-bond acceptors (Lipinski definition) is 5. The maximum absolute atomic E-state index is 12.0. The van der Waals surface area contributed by atoms with Crippen LogP contribution in [0.25, 0.3) is 0 Å². The molecule has 0 fully saturated rings. The molecule has 1 aromatic rings. The summed E-state index contributed by atoms with van der Waals surface area (Å²) in [5.74, 6) is 0. The predicted molar refractivity (Wildman–Crippen MR) is 65.0 cm³/mol. The molecule has 1 aromatic heterocycles. The van der Waals surface area contributed by atoms with E-state index in [4.69, 9.17) is 5.73 Å². The Morgan fingerprint density at radius 2 is 2.12 bits per heavy atom. The second-order valence-electron chi connectivity index (χ2n) is 4.03. The Kier molecular flexibility index (Phi) is 4.63. The highest BCUT2D eigenvalue weighted by Crippen LogP contribution is 2.16. The first kappa shape index (κ1) is 14.1. The number of aryl methyl sites for hydroxylation is 1. The lowest BCUT2D eigenvalue weighted by Gasteiger charge is -2.11. The lowest BCUT2D eigenvalue weighted by Crippen LogP contribution is -2.32. The highest BCUT2D eigenvalue weighted by Gasteiger charge is 2.22. The third kappa shape index (κ3) is 3.50. The van der Waals surface area contributed by atoms with E-state index in [0.29, 0.717) is 24.5 Å². The van der Waals surface area contributed by atoms with Gasteiger partial charge in [0.2, 0.25) is 10.0 Å². The Morgan fingerprint density at radius 3 is 2.65 bits per heavy atom. The number of nitrogens with one attached hydrogen (secondary N) is 2. The summed E-state index contributed by atoms with van der Waals surface area (Å²) >= 11 is 0. The highest BCUT2D eigenvalue weighted by molar-refractivity contribution is 7.89. The molecule has 0 atom stereocenters. The molecule has 17 heavy (non-hydrogen) atoms. The van der Waals surface area contributed by atoms with E-state index in [9.17, 15) is 8.42 Å². The van der Waals surface area contributed by atoms with Gasteiger partial charge in [-0.25, -0.2) is 13.1 Å². The molecule has 1 heterocycles. The van der Waals surface area contributed by atoms with Gasteiger partial charge in [-0.15, -0.1) is 0 Å². The molecule has 0 saturated carbocycles. The summed E-state index contributed by atoms with van der Waals surface area (Å²) in [7, 11) is 0.219. The van der Waals surface area contributed by atoms with Crippen LogP contribution in [0.15, 0.2) is 4.90 Å². The van der Waals surface area contributed by atoms with Gasteiger partial charge in [0.1, 0.15) is 4.90 Å². The molecule has 0 saturated heterocycles. The number of H-pyrrole nitrogens is 1. The summed E-state index contributed by atoms with van der Waals surface area (Å²) in [5.41, 5.74) is 6.32. The predicted octanol–water partition coefficient (Wildman–Crippen LogP) is -0.983. The summed E-state index contributed by atoms with van der Waals surface area (Å²) in [6, 6.07) is 0. The zero-order valence-corrected chi connectivity index (χ0v) is 11.1. The van der Waals surface area contributed by atoms with Crippen LogP contribution >= 0.6 is 0 Å². The normalized spacial score (nSPS) is 12.3. The Balaban J connectivity index is 2.86. The average molecular weight is 261 g/mol. The first-order valence-electron chi connectivity index (χ1n) is 5.26. The van der Waals surface area contributed by atoms with Crippen molar-refractivity contribution in [2.24, 2.45) is 5.73 Å². The van der Waals surface area contributed by atoms with Crippen molar-refractivity contribution in [1.29, 1.82) is 0 Å². The first-order valence-corrected chi connectivity index (χ1v) is 6.75. The van der Waals surface area contributed by atoms with Crippen LogP contribution in [0.4, 0.5) is 0 Å². The quantitative estimate of drug-likeness (QED) is 0.610. The van der Waals surface area contributed by atoms with E-state index >= 15 is 0 Å². The lowest BCUT2D eigenvalue weighted by molar-refractivity contribution is 0.412. The van der Waals surface area contributed by atoms with Crippen molar-refractivity contribution < 1.29 is 8.42 Å². The van der Waals surface area contributed by atoms with Crippen LogP contribution in [-0.4, -0.2) is 50.7 Å². The van der Waals surface area contributed by atoms with Gasteiger partial charge in [0.05, 0.1) is 11.4 Å². The van der Waals surface area contributed by atoms with Gasteiger partial charge < -0.3 is 10.6 Å². The van der Waals surface area contributed by atoms with Gasteiger partial charge in [0.15, 0.2) is 0 Å². The van der Waals surface area contributed by atoms with Crippen LogP contribution in [-0.2, 0) is 16.6 Å². The number of rotatable bonds is 6. The summed E-state index contributed by atoms with van der Waals surface area (Å²) in [6.07, 6.45) is 0. The Hall–Kier alpha value is -0.960. The molecule has 7 nitrogen and oxygen atoms in total. The van der Waals surface area contributed by atoms with E-state index in [2.05, 4.69) is 14.9 Å². The Labute approximate surface area is 101 Å². The molecular formula is C9H19N5O2S. The number of sulfonamides is 1. The Bertz CT molecular complexity index is 466. The smallest absolute Gasteiger partial charge is 0.244 e. The second kappa shape index (κ2) is 5.58. The van der Waals surface area contributed by atoms with E-state index in [-0.39, 0.29) is 11.4 Å². The van der Waals surface area contributed by atoms with Gasteiger partial charge in [-0.2, -0.15) is 5.10 Å². The van der Waals surface area contributed by atoms with E-state index in [1.807, 2.05) is 19.0 Å². The minimum atomic E-state index is -3.54. The van der Waals surface area contributed by atoms with E-state index in [1.54, 1.807) is 6.92 Å². The lowest BCUT2D eigenvalue weighted by atomic mass is 10.4. The standard InChI is InChI=1S/C9H19N5O2S/c1-7-9(8(6-10)13-12-7)17(15,16)11-4-5-14(2)3/h11H,4-6,10H2,1-3H3,(H,12,13). The van der Waals surface area contributed by atoms with E-state index in [1.165, 1.54) is 0 Å². The summed E-state index contributed by atoms with van der Waals surface area (Å²) in [6.45, 7) is 2.74. The number of likely N-dealkylation sites (N-methyl/N-ethyl adjacent to an activating group) is 1. The number of aromatic amines is 1. The molecule has 0 bridgehead atoms. The third-order valence-electron chi connectivity index (χ3n) is 2.27. The number of nitrogens with zero attached hydrogens (tertiary/aromatic N) is 2. The molecule has 0 spiro atoms. The van der Waals surface area contributed by atoms with Gasteiger partial charge in [-0.05, 0) is 21.0 Å². The van der Waals surface area contributed by atoms with Crippen molar-refractivity contribution in [3.05, 3.63) is 11.4 Å². The van der Waals surface area contributed by atoms with Gasteiger partial charge in [-0.3, -0.25) is 5.10 Å². The SMILES string of the molecule is Cc1[nH]nc(CN)c1S(=O)(=O)NCCN(C)C. The van der Waals surface area contributed by atoms with Crippen LogP contribution in [0.3, 0.4) is 0 Å². The Morgan fingerprint density at radius 1 is 1.47 bits per heavy atom. The van der Waals surface area contributed by atoms with Crippen molar-refractivity contribution in [3.63, 3.8) is 0 Å². The van der Waals surface area contributed by atoms with Crippen molar-refractivity contribution in [3.8, 4) is 0 Å². The fourth-order valence-electron chi connectivity index (χ4n) is 1.44. The second-order valence-corrected chi connectivity index (χ2v) is 5.73. The van der Waals surface area contributed by atoms with Crippen molar-refractivity contribution in [2.45, 2.75) is 18.4 Å². The molecule has 4 N–H and O–H groups in total. The number of nitrogens with two attached hydrogens (primary N) is 1. The zero-order chi connectivity index (χ0) is 13.1. The van der Waals surface area contributed by atoms with Gasteiger partial charge >= 0.3 is 0 Å². The van der Waals surface area contributed by atoms with E-state index in [0.717, 1.165) is 0 Å². The molecule has 0 aliphatic rings. The molecule has 98 valence electrons. The molecule has 0 aromatic carbocycles. The van der Waals surface area contributed by atoms with E-state index < -0.39 is 10.0 Å². The van der Waals surface area contributed by atoms with Crippen LogP contribution < -0.4 is 10.5 Å². The van der Waals surface area contributed by atoms with Gasteiger partial charge in [-0.1, -0.05) is 0 Å². The maximum Gasteiger partial charge on any atom is 0.244 e. The topological polar surface area (TPSA) is 104 Å². The van der Waals surface area contributed by atoms with Crippen molar-refractivity contribution in [2.75, 3.05) is 27.2 Å². The van der Waals surface area contributed by atoms with Crippen molar-refractivity contribution >= 4 is 10.0 Å². The fraction of sp³-hybridized carbons (Fsp3) is 0.667. The highest BCUT2D eigenvalue weighted by atomic mass is 32.2. The third-order valence-corrected chi connectivity index (χ3v) is 3.94. The van der Waals surface area contributed by atoms with Gasteiger partial charge in [0.25, 0.3) is 0 Å². The maximum atomic E-state index is 12.0. The van der Waals surface area contributed by atoms with Crippen molar-refractivity contribution in [1.82, 2.24) is 19.8 Å². The van der Waals surface area contributed by atoms with Crippen LogP contribution in [0.1, 0.15) is 11.4 Å². The number of hydrogen-bond donors (Lipinski definition) is 3. The minimum absolute atomic E-state index is 0.0915. The molecule has 0 unspecified atom stereocenters. The minimum Gasteiger partial charge on any atom is -0.325 e.